The molecule has 1 aromatic rings. The summed E-state index contributed by atoms with van der Waals surface area (Å²) >= 11 is 8.27. The molecule has 0 bridgehead atoms. The number of benzene rings is 1. The molecule has 1 amide bonds. The van der Waals surface area contributed by atoms with Gasteiger partial charge in [-0.15, -0.1) is 6.58 Å². The smallest absolute Gasteiger partial charge is 0.266 e. The van der Waals surface area contributed by atoms with Crippen molar-refractivity contribution in [2.24, 2.45) is 0 Å². The van der Waals surface area contributed by atoms with Crippen LogP contribution in [0, 0.1) is 0 Å². The van der Waals surface area contributed by atoms with Crippen LogP contribution in [-0.4, -0.2) is 28.7 Å². The van der Waals surface area contributed by atoms with Crippen molar-refractivity contribution in [2.45, 2.75) is 4.90 Å². The first-order chi connectivity index (χ1) is 10.6. The van der Waals surface area contributed by atoms with Gasteiger partial charge in [-0.25, -0.2) is 0 Å². The molecule has 1 aromatic carbocycles. The van der Waals surface area contributed by atoms with Crippen molar-refractivity contribution in [3.63, 3.8) is 0 Å². The average Bonchev–Trinajstić information content (AvgIpc) is 2.98. The Morgan fingerprint density at radius 3 is 2.77 bits per heavy atom. The van der Waals surface area contributed by atoms with Crippen molar-refractivity contribution in [1.29, 1.82) is 0 Å². The lowest BCUT2D eigenvalue weighted by Crippen LogP contribution is -2.27. The Morgan fingerprint density at radius 2 is 2.05 bits per heavy atom. The number of hydrogen-bond donors (Lipinski definition) is 0. The SMILES string of the molecule is C=CCN1C(=O)C(=CC=C2Sc3ccccc3N2C)SC1=S. The maximum absolute atomic E-state index is 12.3. The van der Waals surface area contributed by atoms with Crippen LogP contribution in [0.2, 0.25) is 0 Å². The predicted molar refractivity (Wildman–Crippen MR) is 99.0 cm³/mol. The standard InChI is InChI=1S/C16H14N2OS3/c1-3-10-18-15(19)13(22-16(18)20)8-9-14-17(2)11-6-4-5-7-12(11)21-14/h3-9H,1,10H2,2H3. The Kier molecular flexibility index (Phi) is 4.42. The predicted octanol–water partition coefficient (Wildman–Crippen LogP) is 4.00. The molecular weight excluding hydrogens is 332 g/mol. The van der Waals surface area contributed by atoms with Crippen LogP contribution < -0.4 is 4.90 Å². The number of thioether (sulfide) groups is 2. The highest BCUT2D eigenvalue weighted by atomic mass is 32.2. The van der Waals surface area contributed by atoms with Crippen LogP contribution >= 0.6 is 35.7 Å². The van der Waals surface area contributed by atoms with E-state index in [0.717, 1.165) is 5.03 Å². The summed E-state index contributed by atoms with van der Waals surface area (Å²) in [5.74, 6) is -0.0464. The molecule has 0 spiro atoms. The quantitative estimate of drug-likeness (QED) is 0.468. The zero-order valence-electron chi connectivity index (χ0n) is 12.0. The van der Waals surface area contributed by atoms with Gasteiger partial charge in [-0.1, -0.05) is 54.0 Å². The van der Waals surface area contributed by atoms with Gasteiger partial charge >= 0.3 is 0 Å². The number of carbonyl (C=O) groups is 1. The molecule has 0 unspecified atom stereocenters. The summed E-state index contributed by atoms with van der Waals surface area (Å²) in [6, 6.07) is 8.25. The zero-order valence-corrected chi connectivity index (χ0v) is 14.4. The van der Waals surface area contributed by atoms with Gasteiger partial charge < -0.3 is 4.90 Å². The lowest BCUT2D eigenvalue weighted by molar-refractivity contribution is -0.121. The Labute approximate surface area is 143 Å². The normalized spacial score (nSPS) is 21.1. The molecule has 0 radical (unpaired) electrons. The minimum Gasteiger partial charge on any atom is -0.338 e. The second-order valence-electron chi connectivity index (χ2n) is 4.74. The number of hydrogen-bond acceptors (Lipinski definition) is 5. The van der Waals surface area contributed by atoms with Gasteiger partial charge in [0.25, 0.3) is 5.91 Å². The highest BCUT2D eigenvalue weighted by Gasteiger charge is 2.30. The number of para-hydroxylation sites is 1. The average molecular weight is 347 g/mol. The van der Waals surface area contributed by atoms with Gasteiger partial charge in [0.05, 0.1) is 15.6 Å². The summed E-state index contributed by atoms with van der Waals surface area (Å²) in [6.45, 7) is 4.11. The molecule has 3 nitrogen and oxygen atoms in total. The van der Waals surface area contributed by atoms with Gasteiger partial charge in [-0.2, -0.15) is 0 Å². The fourth-order valence-corrected chi connectivity index (χ4v) is 4.48. The number of amides is 1. The Morgan fingerprint density at radius 1 is 1.27 bits per heavy atom. The van der Waals surface area contributed by atoms with E-state index >= 15 is 0 Å². The summed E-state index contributed by atoms with van der Waals surface area (Å²) in [5.41, 5.74) is 1.19. The summed E-state index contributed by atoms with van der Waals surface area (Å²) in [4.78, 5) is 17.8. The zero-order chi connectivity index (χ0) is 15.7. The molecule has 2 aliphatic rings. The van der Waals surface area contributed by atoms with E-state index in [1.165, 1.54) is 22.3 Å². The lowest BCUT2D eigenvalue weighted by Gasteiger charge is -2.12. The Hall–Kier alpha value is -1.50. The van der Waals surface area contributed by atoms with Crippen molar-refractivity contribution in [3.8, 4) is 0 Å². The van der Waals surface area contributed by atoms with E-state index in [0.29, 0.717) is 15.8 Å². The fourth-order valence-electron chi connectivity index (χ4n) is 2.21. The number of carbonyl (C=O) groups excluding carboxylic acids is 1. The molecular formula is C16H14N2OS3. The molecule has 0 aromatic heterocycles. The molecule has 1 fully saturated rings. The van der Waals surface area contributed by atoms with E-state index in [1.54, 1.807) is 22.7 Å². The van der Waals surface area contributed by atoms with Crippen LogP contribution in [0.3, 0.4) is 0 Å². The molecule has 112 valence electrons. The molecule has 3 rings (SSSR count). The van der Waals surface area contributed by atoms with E-state index in [1.807, 2.05) is 31.3 Å². The minimum absolute atomic E-state index is 0.0464. The topological polar surface area (TPSA) is 23.6 Å². The maximum Gasteiger partial charge on any atom is 0.266 e. The second-order valence-corrected chi connectivity index (χ2v) is 7.48. The van der Waals surface area contributed by atoms with Gasteiger partial charge in [0, 0.05) is 18.5 Å². The number of nitrogens with zero attached hydrogens (tertiary/aromatic N) is 2. The highest BCUT2D eigenvalue weighted by Crippen LogP contribution is 2.44. The number of rotatable bonds is 3. The highest BCUT2D eigenvalue weighted by molar-refractivity contribution is 8.26. The third-order valence-corrected chi connectivity index (χ3v) is 5.91. The first-order valence-electron chi connectivity index (χ1n) is 6.69. The number of thiocarbonyl (C=S) groups is 1. The van der Waals surface area contributed by atoms with Crippen molar-refractivity contribution in [3.05, 3.63) is 59.0 Å². The second kappa shape index (κ2) is 6.32. The molecule has 0 N–H and O–H groups in total. The van der Waals surface area contributed by atoms with E-state index < -0.39 is 0 Å². The lowest BCUT2D eigenvalue weighted by atomic mass is 10.3. The van der Waals surface area contributed by atoms with Gasteiger partial charge in [0.2, 0.25) is 0 Å². The summed E-state index contributed by atoms with van der Waals surface area (Å²) in [7, 11) is 2.03. The van der Waals surface area contributed by atoms with E-state index in [4.69, 9.17) is 12.2 Å². The van der Waals surface area contributed by atoms with Crippen LogP contribution in [0.15, 0.2) is 63.9 Å². The van der Waals surface area contributed by atoms with Crippen LogP contribution in [0.5, 0.6) is 0 Å². The Balaban J connectivity index is 1.82. The first-order valence-corrected chi connectivity index (χ1v) is 8.73. The van der Waals surface area contributed by atoms with Gasteiger partial charge in [0.15, 0.2) is 0 Å². The van der Waals surface area contributed by atoms with Gasteiger partial charge in [0.1, 0.15) is 4.32 Å². The molecule has 6 heteroatoms. The molecule has 0 aliphatic carbocycles. The van der Waals surface area contributed by atoms with Crippen LogP contribution in [-0.2, 0) is 4.79 Å². The molecule has 2 aliphatic heterocycles. The molecule has 2 heterocycles. The summed E-state index contributed by atoms with van der Waals surface area (Å²) in [6.07, 6.45) is 5.52. The molecule has 1 saturated heterocycles. The maximum atomic E-state index is 12.3. The monoisotopic (exact) mass is 346 g/mol. The Bertz CT molecular complexity index is 724. The summed E-state index contributed by atoms with van der Waals surface area (Å²) in [5, 5.41) is 1.09. The van der Waals surface area contributed by atoms with Gasteiger partial charge in [-0.3, -0.25) is 9.69 Å². The van der Waals surface area contributed by atoms with Crippen molar-refractivity contribution in [2.75, 3.05) is 18.5 Å². The van der Waals surface area contributed by atoms with Crippen LogP contribution in [0.1, 0.15) is 0 Å². The van der Waals surface area contributed by atoms with Crippen molar-refractivity contribution in [1.82, 2.24) is 4.90 Å². The van der Waals surface area contributed by atoms with Crippen molar-refractivity contribution < 1.29 is 4.79 Å². The largest absolute Gasteiger partial charge is 0.338 e. The van der Waals surface area contributed by atoms with Crippen molar-refractivity contribution >= 4 is 51.7 Å². The van der Waals surface area contributed by atoms with E-state index in [9.17, 15) is 4.79 Å². The number of fused-ring (bicyclic) bond motifs is 1. The van der Waals surface area contributed by atoms with E-state index in [2.05, 4.69) is 23.6 Å². The summed E-state index contributed by atoms with van der Waals surface area (Å²) < 4.78 is 0.588. The first kappa shape index (κ1) is 15.4. The molecule has 22 heavy (non-hydrogen) atoms. The molecule has 0 saturated carbocycles. The van der Waals surface area contributed by atoms with Crippen LogP contribution in [0.25, 0.3) is 0 Å². The minimum atomic E-state index is -0.0464. The molecule has 0 atom stereocenters. The third-order valence-electron chi connectivity index (χ3n) is 3.33. The van der Waals surface area contributed by atoms with Gasteiger partial charge in [-0.05, 0) is 24.3 Å². The fraction of sp³-hybridized carbons (Fsp3) is 0.125. The third kappa shape index (κ3) is 2.74. The van der Waals surface area contributed by atoms with Crippen LogP contribution in [0.4, 0.5) is 5.69 Å². The number of allylic oxidation sites excluding steroid dienone is 2. The van der Waals surface area contributed by atoms with E-state index in [-0.39, 0.29) is 5.91 Å². The number of anilines is 1.